The van der Waals surface area contributed by atoms with Gasteiger partial charge >= 0.3 is 0 Å². The van der Waals surface area contributed by atoms with Gasteiger partial charge in [0.05, 0.1) is 0 Å². The molecule has 2 atom stereocenters. The van der Waals surface area contributed by atoms with Gasteiger partial charge in [0.1, 0.15) is 0 Å². The predicted molar refractivity (Wildman–Crippen MR) is 70.1 cm³/mol. The molecule has 1 aliphatic rings. The Bertz CT molecular complexity index is 439. The number of nitrogen functional groups attached to an aromatic ring is 1. The van der Waals surface area contributed by atoms with Crippen LogP contribution in [0.1, 0.15) is 12.5 Å². The minimum atomic E-state index is -1.95. The van der Waals surface area contributed by atoms with Crippen LogP contribution < -0.4 is 15.4 Å². The summed E-state index contributed by atoms with van der Waals surface area (Å²) in [6.07, 6.45) is 0.981. The number of fused-ring (bicyclic) bond motifs is 1. The zero-order valence-electron chi connectivity index (χ0n) is 9.72. The van der Waals surface area contributed by atoms with Crippen molar-refractivity contribution in [1.29, 1.82) is 0 Å². The number of nitrogens with two attached hydrogens (primary N) is 1. The van der Waals surface area contributed by atoms with Crippen LogP contribution in [-0.4, -0.2) is 27.9 Å². The van der Waals surface area contributed by atoms with Gasteiger partial charge in [-0.15, -0.1) is 0 Å². The van der Waals surface area contributed by atoms with Gasteiger partial charge in [0.15, 0.2) is 0 Å². The van der Waals surface area contributed by atoms with Crippen LogP contribution in [0.2, 0.25) is 0 Å². The molecular weight excluding hydrogens is 238 g/mol. The van der Waals surface area contributed by atoms with Crippen molar-refractivity contribution in [2.45, 2.75) is 19.4 Å². The summed E-state index contributed by atoms with van der Waals surface area (Å²) in [4.78, 5) is 2.21. The molecule has 17 heavy (non-hydrogen) atoms. The smallest absolute Gasteiger partial charge is 0.232 e. The van der Waals surface area contributed by atoms with Crippen LogP contribution >= 0.6 is 0 Å². The first-order chi connectivity index (χ1) is 8.06. The fourth-order valence-corrected chi connectivity index (χ4v) is 2.64. The minimum absolute atomic E-state index is 0.0377. The summed E-state index contributed by atoms with van der Waals surface area (Å²) in [6, 6.07) is 5.86. The highest BCUT2D eigenvalue weighted by atomic mass is 32.2. The van der Waals surface area contributed by atoms with E-state index in [-0.39, 0.29) is 6.04 Å². The van der Waals surface area contributed by atoms with E-state index in [4.69, 9.17) is 10.3 Å². The third kappa shape index (κ3) is 2.96. The van der Waals surface area contributed by atoms with Crippen molar-refractivity contribution in [2.24, 2.45) is 0 Å². The van der Waals surface area contributed by atoms with E-state index in [2.05, 4.69) is 9.62 Å². The lowest BCUT2D eigenvalue weighted by atomic mass is 10.1. The Morgan fingerprint density at radius 2 is 2.41 bits per heavy atom. The molecule has 0 bridgehead atoms. The maximum Gasteiger partial charge on any atom is 0.232 e. The highest BCUT2D eigenvalue weighted by Gasteiger charge is 2.20. The van der Waals surface area contributed by atoms with Crippen molar-refractivity contribution in [2.75, 3.05) is 23.7 Å². The first-order valence-corrected chi connectivity index (χ1v) is 6.67. The highest BCUT2D eigenvalue weighted by Crippen LogP contribution is 2.29. The topological polar surface area (TPSA) is 78.6 Å². The molecule has 0 fully saturated rings. The predicted octanol–water partition coefficient (Wildman–Crippen LogP) is 0.746. The summed E-state index contributed by atoms with van der Waals surface area (Å²) < 4.78 is 22.0. The molecule has 1 aromatic rings. The Kier molecular flexibility index (Phi) is 3.66. The second-order valence-electron chi connectivity index (χ2n) is 4.35. The van der Waals surface area contributed by atoms with Gasteiger partial charge in [0, 0.05) is 30.5 Å². The number of hydrogen-bond donors (Lipinski definition) is 3. The zero-order valence-corrected chi connectivity index (χ0v) is 10.5. The largest absolute Gasteiger partial charge is 0.399 e. The SMILES string of the molecule is CC(CN1CCc2cc(N)ccc21)NS(=O)O. The lowest BCUT2D eigenvalue weighted by molar-refractivity contribution is 0.529. The Balaban J connectivity index is 2.04. The summed E-state index contributed by atoms with van der Waals surface area (Å²) in [5.74, 6) is 0. The standard InChI is InChI=1S/C11H17N3O2S/c1-8(13-17(15)16)7-14-5-4-9-6-10(12)2-3-11(9)14/h2-3,6,8,13H,4-5,7,12H2,1H3,(H,15,16). The lowest BCUT2D eigenvalue weighted by Crippen LogP contribution is -2.39. The first kappa shape index (κ1) is 12.3. The summed E-state index contributed by atoms with van der Waals surface area (Å²) in [6.45, 7) is 3.54. The van der Waals surface area contributed by atoms with Gasteiger partial charge in [0.25, 0.3) is 0 Å². The van der Waals surface area contributed by atoms with Gasteiger partial charge in [0.2, 0.25) is 11.3 Å². The highest BCUT2D eigenvalue weighted by molar-refractivity contribution is 7.77. The van der Waals surface area contributed by atoms with Crippen LogP contribution in [0.5, 0.6) is 0 Å². The van der Waals surface area contributed by atoms with E-state index < -0.39 is 11.3 Å². The Morgan fingerprint density at radius 1 is 1.65 bits per heavy atom. The summed E-state index contributed by atoms with van der Waals surface area (Å²) in [5, 5.41) is 0. The molecule has 0 radical (unpaired) electrons. The number of rotatable bonds is 4. The maximum absolute atomic E-state index is 10.6. The first-order valence-electron chi connectivity index (χ1n) is 5.56. The van der Waals surface area contributed by atoms with E-state index in [1.54, 1.807) is 0 Å². The molecule has 94 valence electrons. The molecular formula is C11H17N3O2S. The number of nitrogens with zero attached hydrogens (tertiary/aromatic N) is 1. The molecule has 5 nitrogen and oxygen atoms in total. The molecule has 1 aromatic carbocycles. The normalized spacial score (nSPS) is 17.9. The summed E-state index contributed by atoms with van der Waals surface area (Å²) in [5.41, 5.74) is 8.95. The van der Waals surface area contributed by atoms with Gasteiger partial charge < -0.3 is 10.6 Å². The van der Waals surface area contributed by atoms with Crippen LogP contribution in [0.3, 0.4) is 0 Å². The van der Waals surface area contributed by atoms with Crippen molar-refractivity contribution in [1.82, 2.24) is 4.72 Å². The Morgan fingerprint density at radius 3 is 3.12 bits per heavy atom. The zero-order chi connectivity index (χ0) is 12.4. The van der Waals surface area contributed by atoms with Crippen LogP contribution in [0.4, 0.5) is 11.4 Å². The van der Waals surface area contributed by atoms with E-state index in [0.29, 0.717) is 6.54 Å². The van der Waals surface area contributed by atoms with Crippen molar-refractivity contribution >= 4 is 22.6 Å². The summed E-state index contributed by atoms with van der Waals surface area (Å²) >= 11 is -1.95. The fraction of sp³-hybridized carbons (Fsp3) is 0.455. The van der Waals surface area contributed by atoms with Crippen molar-refractivity contribution in [3.8, 4) is 0 Å². The Hall–Kier alpha value is -1.11. The third-order valence-electron chi connectivity index (χ3n) is 2.89. The van der Waals surface area contributed by atoms with Gasteiger partial charge in [-0.1, -0.05) is 0 Å². The average molecular weight is 255 g/mol. The molecule has 1 aliphatic heterocycles. The monoisotopic (exact) mass is 255 g/mol. The van der Waals surface area contributed by atoms with Crippen molar-refractivity contribution < 1.29 is 8.76 Å². The molecule has 0 amide bonds. The van der Waals surface area contributed by atoms with E-state index in [1.165, 1.54) is 11.3 Å². The van der Waals surface area contributed by atoms with Gasteiger partial charge in [-0.3, -0.25) is 4.55 Å². The second-order valence-corrected chi connectivity index (χ2v) is 5.09. The number of hydrogen-bond acceptors (Lipinski definition) is 3. The van der Waals surface area contributed by atoms with Gasteiger partial charge in [-0.25, -0.2) is 8.93 Å². The molecule has 0 aliphatic carbocycles. The third-order valence-corrected chi connectivity index (χ3v) is 3.50. The fourth-order valence-electron chi connectivity index (χ4n) is 2.22. The number of anilines is 2. The van der Waals surface area contributed by atoms with Crippen molar-refractivity contribution in [3.05, 3.63) is 23.8 Å². The molecule has 1 heterocycles. The summed E-state index contributed by atoms with van der Waals surface area (Å²) in [7, 11) is 0. The van der Waals surface area contributed by atoms with E-state index in [9.17, 15) is 4.21 Å². The Labute approximate surface area is 103 Å². The molecule has 6 heteroatoms. The average Bonchev–Trinajstić information content (AvgIpc) is 2.59. The molecule has 0 spiro atoms. The van der Waals surface area contributed by atoms with Crippen LogP contribution in [-0.2, 0) is 17.7 Å². The van der Waals surface area contributed by atoms with E-state index in [1.807, 2.05) is 25.1 Å². The molecule has 0 saturated carbocycles. The van der Waals surface area contributed by atoms with Crippen LogP contribution in [0.15, 0.2) is 18.2 Å². The molecule has 2 rings (SSSR count). The van der Waals surface area contributed by atoms with Gasteiger partial charge in [-0.05, 0) is 37.1 Å². The molecule has 0 saturated heterocycles. The number of nitrogens with one attached hydrogen (secondary N) is 1. The quantitative estimate of drug-likeness (QED) is 0.548. The van der Waals surface area contributed by atoms with Crippen molar-refractivity contribution in [3.63, 3.8) is 0 Å². The molecule has 0 aromatic heterocycles. The second kappa shape index (κ2) is 5.03. The van der Waals surface area contributed by atoms with E-state index >= 15 is 0 Å². The molecule has 4 N–H and O–H groups in total. The lowest BCUT2D eigenvalue weighted by Gasteiger charge is -2.23. The van der Waals surface area contributed by atoms with E-state index in [0.717, 1.165) is 18.7 Å². The minimum Gasteiger partial charge on any atom is -0.399 e. The van der Waals surface area contributed by atoms with Crippen LogP contribution in [0.25, 0.3) is 0 Å². The van der Waals surface area contributed by atoms with Gasteiger partial charge in [-0.2, -0.15) is 0 Å². The maximum atomic E-state index is 10.6. The molecule has 2 unspecified atom stereocenters. The number of benzene rings is 1. The van der Waals surface area contributed by atoms with Crippen LogP contribution in [0, 0.1) is 0 Å².